The van der Waals surface area contributed by atoms with Crippen molar-refractivity contribution >= 4 is 63.8 Å². The van der Waals surface area contributed by atoms with Crippen LogP contribution < -0.4 is 0 Å². The maximum absolute atomic E-state index is 11.3. The lowest BCUT2D eigenvalue weighted by atomic mass is 9.87. The van der Waals surface area contributed by atoms with Crippen molar-refractivity contribution in [1.82, 2.24) is 0 Å². The molecular weight excluding hydrogens is 651 g/mol. The van der Waals surface area contributed by atoms with Gasteiger partial charge in [-0.15, -0.1) is 0 Å². The van der Waals surface area contributed by atoms with Gasteiger partial charge in [-0.3, -0.25) is 33.6 Å². The average molecular weight is 698 g/mol. The molecule has 6 atom stereocenters. The quantitative estimate of drug-likeness (QED) is 0.128. The molecule has 3 aliphatic rings. The molecule has 0 aromatic heterocycles. The Balaban J connectivity index is 0. The number of halogens is 1. The van der Waals surface area contributed by atoms with Gasteiger partial charge in [-0.2, -0.15) is 0 Å². The molecule has 0 aromatic rings. The van der Waals surface area contributed by atoms with Gasteiger partial charge in [0.25, 0.3) is 0 Å². The van der Waals surface area contributed by atoms with Crippen LogP contribution in [0.25, 0.3) is 0 Å². The van der Waals surface area contributed by atoms with Crippen LogP contribution in [0.3, 0.4) is 0 Å². The molecule has 41 heavy (non-hydrogen) atoms. The summed E-state index contributed by atoms with van der Waals surface area (Å²) in [6.45, 7) is 11.1. The molecule has 0 spiro atoms. The first kappa shape index (κ1) is 40.9. The zero-order chi connectivity index (χ0) is 31.0. The van der Waals surface area contributed by atoms with Gasteiger partial charge in [-0.05, 0) is 44.4 Å². The summed E-state index contributed by atoms with van der Waals surface area (Å²) in [6.07, 6.45) is 7.14. The maximum Gasteiger partial charge on any atom is 0.310 e. The number of alkyl halides is 1. The van der Waals surface area contributed by atoms with Gasteiger partial charge in [0.1, 0.15) is 5.78 Å². The van der Waals surface area contributed by atoms with Crippen molar-refractivity contribution in [3.63, 3.8) is 0 Å². The van der Waals surface area contributed by atoms with Crippen LogP contribution >= 0.6 is 22.6 Å². The standard InChI is InChI=1S/2C9H14O3.C7H11IO.C4H6O3.H2O/c2*1-6-4-3-5-8(11)9(6)12-7(2)10;1-5-3-2-4-6(9)7(5)8;1-3(5)7-4(2)6;/h2*6,9H,3-5H2,1-2H3;5,7H,2-4H2,1H3;1-2H3;1H2/p-1. The zero-order valence-electron chi connectivity index (χ0n) is 25.2. The summed E-state index contributed by atoms with van der Waals surface area (Å²) < 4.78 is 14.1. The van der Waals surface area contributed by atoms with Crippen LogP contribution in [0.2, 0.25) is 0 Å². The van der Waals surface area contributed by atoms with Crippen molar-refractivity contribution < 1.29 is 53.2 Å². The van der Waals surface area contributed by atoms with E-state index in [2.05, 4.69) is 34.3 Å². The number of carbonyl (C=O) groups is 7. The van der Waals surface area contributed by atoms with Gasteiger partial charge in [-0.1, -0.05) is 43.4 Å². The average Bonchev–Trinajstić information content (AvgIpc) is 2.82. The second-order valence-electron chi connectivity index (χ2n) is 10.6. The third-order valence-corrected chi connectivity index (χ3v) is 8.52. The number of ether oxygens (including phenoxy) is 3. The van der Waals surface area contributed by atoms with Crippen LogP contribution in [0, 0.1) is 17.8 Å². The molecule has 3 aliphatic carbocycles. The van der Waals surface area contributed by atoms with Gasteiger partial charge in [-0.25, -0.2) is 0 Å². The Kier molecular flexibility index (Phi) is 21.4. The fourth-order valence-corrected chi connectivity index (χ4v) is 5.21. The Bertz CT molecular complexity index is 845. The molecular formula is C29H46IO11-. The summed E-state index contributed by atoms with van der Waals surface area (Å²) in [5.74, 6) is -0.247. The van der Waals surface area contributed by atoms with Gasteiger partial charge in [0.05, 0.1) is 3.92 Å². The number of ketones is 3. The summed E-state index contributed by atoms with van der Waals surface area (Å²) in [5, 5.41) is 0. The number of rotatable bonds is 2. The lowest BCUT2D eigenvalue weighted by Crippen LogP contribution is -2.35. The van der Waals surface area contributed by atoms with E-state index in [9.17, 15) is 33.6 Å². The predicted octanol–water partition coefficient (Wildman–Crippen LogP) is 4.71. The van der Waals surface area contributed by atoms with Crippen molar-refractivity contribution in [2.75, 3.05) is 0 Å². The van der Waals surface area contributed by atoms with E-state index in [-0.39, 0.29) is 40.8 Å². The zero-order valence-corrected chi connectivity index (χ0v) is 27.4. The molecule has 0 radical (unpaired) electrons. The molecule has 0 amide bonds. The minimum Gasteiger partial charge on any atom is -0.870 e. The van der Waals surface area contributed by atoms with Crippen molar-refractivity contribution in [2.45, 2.75) is 122 Å². The lowest BCUT2D eigenvalue weighted by Gasteiger charge is -2.26. The Morgan fingerprint density at radius 3 is 1.12 bits per heavy atom. The number of Topliss-reactive ketones (excluding diaryl/α,β-unsaturated/α-hetero) is 3. The summed E-state index contributed by atoms with van der Waals surface area (Å²) >= 11 is 2.26. The topological polar surface area (TPSA) is 177 Å². The highest BCUT2D eigenvalue weighted by atomic mass is 127. The Morgan fingerprint density at radius 1 is 0.585 bits per heavy atom. The van der Waals surface area contributed by atoms with E-state index in [0.717, 1.165) is 38.5 Å². The third kappa shape index (κ3) is 18.0. The molecule has 0 bridgehead atoms. The third-order valence-electron chi connectivity index (χ3n) is 6.60. The highest BCUT2D eigenvalue weighted by Crippen LogP contribution is 2.27. The molecule has 3 rings (SSSR count). The van der Waals surface area contributed by atoms with Gasteiger partial charge < -0.3 is 19.7 Å². The summed E-state index contributed by atoms with van der Waals surface area (Å²) in [5.41, 5.74) is 0. The summed E-state index contributed by atoms with van der Waals surface area (Å²) in [6, 6.07) is 0. The molecule has 0 saturated heterocycles. The van der Waals surface area contributed by atoms with Gasteiger partial charge in [0.15, 0.2) is 23.8 Å². The van der Waals surface area contributed by atoms with E-state index >= 15 is 0 Å². The van der Waals surface area contributed by atoms with Crippen LogP contribution in [0.15, 0.2) is 0 Å². The summed E-state index contributed by atoms with van der Waals surface area (Å²) in [7, 11) is 0. The Morgan fingerprint density at radius 2 is 0.902 bits per heavy atom. The van der Waals surface area contributed by atoms with Crippen molar-refractivity contribution in [2.24, 2.45) is 17.8 Å². The molecule has 3 fully saturated rings. The predicted molar refractivity (Wildman–Crippen MR) is 157 cm³/mol. The molecule has 12 heteroatoms. The van der Waals surface area contributed by atoms with E-state index in [1.54, 1.807) is 0 Å². The fraction of sp³-hybridized carbons (Fsp3) is 0.759. The van der Waals surface area contributed by atoms with Crippen LogP contribution in [0.5, 0.6) is 0 Å². The van der Waals surface area contributed by atoms with E-state index in [1.807, 2.05) is 13.8 Å². The Hall–Kier alpha value is -2.22. The normalized spacial score (nSPS) is 27.0. The van der Waals surface area contributed by atoms with Gasteiger partial charge in [0, 0.05) is 58.8 Å². The number of carbonyl (C=O) groups excluding carboxylic acids is 7. The smallest absolute Gasteiger partial charge is 0.310 e. The first-order chi connectivity index (χ1) is 18.6. The summed E-state index contributed by atoms with van der Waals surface area (Å²) in [4.78, 5) is 74.4. The van der Waals surface area contributed by atoms with E-state index in [1.165, 1.54) is 34.1 Å². The molecule has 6 unspecified atom stereocenters. The maximum atomic E-state index is 11.3. The number of hydrogen-bond donors (Lipinski definition) is 0. The second-order valence-corrected chi connectivity index (χ2v) is 11.9. The lowest BCUT2D eigenvalue weighted by molar-refractivity contribution is -0.158. The first-order valence-corrected chi connectivity index (χ1v) is 15.1. The van der Waals surface area contributed by atoms with Crippen LogP contribution in [0.4, 0.5) is 0 Å². The van der Waals surface area contributed by atoms with Crippen LogP contribution in [-0.2, 0) is 47.8 Å². The molecule has 0 heterocycles. The minimum atomic E-state index is -0.562. The molecule has 0 aromatic carbocycles. The number of hydrogen-bond acceptors (Lipinski definition) is 11. The van der Waals surface area contributed by atoms with Gasteiger partial charge in [0.2, 0.25) is 0 Å². The van der Waals surface area contributed by atoms with Gasteiger partial charge >= 0.3 is 23.9 Å². The van der Waals surface area contributed by atoms with E-state index in [4.69, 9.17) is 9.47 Å². The highest BCUT2D eigenvalue weighted by Gasteiger charge is 2.32. The molecule has 236 valence electrons. The fourth-order valence-electron chi connectivity index (χ4n) is 4.54. The van der Waals surface area contributed by atoms with Crippen molar-refractivity contribution in [3.8, 4) is 0 Å². The molecule has 0 aliphatic heterocycles. The molecule has 11 nitrogen and oxygen atoms in total. The Labute approximate surface area is 256 Å². The second kappa shape index (κ2) is 21.5. The van der Waals surface area contributed by atoms with E-state index in [0.29, 0.717) is 28.5 Å². The van der Waals surface area contributed by atoms with Crippen LogP contribution in [0.1, 0.15) is 106 Å². The minimum absolute atomic E-state index is 0. The monoisotopic (exact) mass is 697 g/mol. The first-order valence-electron chi connectivity index (χ1n) is 13.8. The largest absolute Gasteiger partial charge is 0.870 e. The van der Waals surface area contributed by atoms with Crippen LogP contribution in [-0.4, -0.2) is 62.8 Å². The van der Waals surface area contributed by atoms with E-state index < -0.39 is 24.1 Å². The molecule has 1 N–H and O–H groups in total. The van der Waals surface area contributed by atoms with Crippen molar-refractivity contribution in [1.29, 1.82) is 0 Å². The van der Waals surface area contributed by atoms with Crippen molar-refractivity contribution in [3.05, 3.63) is 0 Å². The molecule has 3 saturated carbocycles. The SMILES string of the molecule is CC(=O)OC(C)=O.CC(=O)OC1C(=O)CCCC1C.CC(=O)OC1C(=O)CCCC1C.CC1CCCC(=O)C1I.[OH-]. The highest BCUT2D eigenvalue weighted by molar-refractivity contribution is 14.1. The number of esters is 4.